The predicted octanol–water partition coefficient (Wildman–Crippen LogP) is 3.09. The van der Waals surface area contributed by atoms with Crippen LogP contribution in [0.3, 0.4) is 0 Å². The summed E-state index contributed by atoms with van der Waals surface area (Å²) >= 11 is 0. The molecule has 0 bridgehead atoms. The molecule has 0 aliphatic heterocycles. The van der Waals surface area contributed by atoms with E-state index in [1.165, 1.54) is 18.2 Å². The van der Waals surface area contributed by atoms with Gasteiger partial charge in [0, 0.05) is 30.4 Å². The van der Waals surface area contributed by atoms with Gasteiger partial charge < -0.3 is 10.0 Å². The molecule has 0 aromatic heterocycles. The zero-order chi connectivity index (χ0) is 13.8. The monoisotopic (exact) mass is 263 g/mol. The van der Waals surface area contributed by atoms with Gasteiger partial charge in [-0.25, -0.2) is 8.78 Å². The van der Waals surface area contributed by atoms with Crippen LogP contribution in [0.4, 0.5) is 14.5 Å². The molecule has 0 amide bonds. The van der Waals surface area contributed by atoms with Crippen molar-refractivity contribution in [2.24, 2.45) is 0 Å². The summed E-state index contributed by atoms with van der Waals surface area (Å²) in [7, 11) is 1.78. The number of benzene rings is 2. The van der Waals surface area contributed by atoms with Crippen LogP contribution in [0.15, 0.2) is 42.5 Å². The summed E-state index contributed by atoms with van der Waals surface area (Å²) in [6.45, 7) is 0.0972. The standard InChI is InChI=1S/C15H15F2NO/c1-18(9-11-4-2-3-5-14(11)17)15-7-6-13(16)8-12(15)10-19/h2-8,19H,9-10H2,1H3. The highest BCUT2D eigenvalue weighted by atomic mass is 19.1. The normalized spacial score (nSPS) is 10.5. The van der Waals surface area contributed by atoms with E-state index in [-0.39, 0.29) is 12.4 Å². The Morgan fingerprint density at radius 2 is 1.79 bits per heavy atom. The Kier molecular flexibility index (Phi) is 4.12. The molecule has 0 radical (unpaired) electrons. The van der Waals surface area contributed by atoms with Crippen LogP contribution >= 0.6 is 0 Å². The molecule has 0 aliphatic rings. The molecule has 0 aliphatic carbocycles. The summed E-state index contributed by atoms with van der Waals surface area (Å²) in [4.78, 5) is 1.78. The molecule has 2 aromatic rings. The molecule has 2 aromatic carbocycles. The van der Waals surface area contributed by atoms with Gasteiger partial charge in [-0.3, -0.25) is 0 Å². The lowest BCUT2D eigenvalue weighted by Crippen LogP contribution is -2.19. The molecule has 0 spiro atoms. The van der Waals surface area contributed by atoms with Crippen molar-refractivity contribution >= 4 is 5.69 Å². The minimum atomic E-state index is -0.396. The largest absolute Gasteiger partial charge is 0.392 e. The van der Waals surface area contributed by atoms with Crippen LogP contribution in [-0.4, -0.2) is 12.2 Å². The van der Waals surface area contributed by atoms with Crippen molar-refractivity contribution in [1.29, 1.82) is 0 Å². The molecule has 0 unspecified atom stereocenters. The topological polar surface area (TPSA) is 23.5 Å². The van der Waals surface area contributed by atoms with Gasteiger partial charge in [0.05, 0.1) is 6.61 Å². The van der Waals surface area contributed by atoms with Gasteiger partial charge in [-0.05, 0) is 24.3 Å². The summed E-state index contributed by atoms with van der Waals surface area (Å²) in [6, 6.07) is 10.7. The molecule has 2 rings (SSSR count). The van der Waals surface area contributed by atoms with E-state index in [0.717, 1.165) is 0 Å². The number of aliphatic hydroxyl groups excluding tert-OH is 1. The molecular weight excluding hydrogens is 248 g/mol. The number of halogens is 2. The Labute approximate surface area is 110 Å². The van der Waals surface area contributed by atoms with E-state index < -0.39 is 5.82 Å². The van der Waals surface area contributed by atoms with Crippen molar-refractivity contribution in [3.05, 3.63) is 65.2 Å². The number of aliphatic hydroxyl groups is 1. The van der Waals surface area contributed by atoms with Gasteiger partial charge >= 0.3 is 0 Å². The SMILES string of the molecule is CN(Cc1ccccc1F)c1ccc(F)cc1CO. The van der Waals surface area contributed by atoms with Crippen molar-refractivity contribution in [3.8, 4) is 0 Å². The van der Waals surface area contributed by atoms with Crippen LogP contribution in [0, 0.1) is 11.6 Å². The Morgan fingerprint density at radius 1 is 1.05 bits per heavy atom. The summed E-state index contributed by atoms with van der Waals surface area (Å²) in [5, 5.41) is 9.25. The summed E-state index contributed by atoms with van der Waals surface area (Å²) < 4.78 is 26.7. The first-order valence-electron chi connectivity index (χ1n) is 5.95. The second kappa shape index (κ2) is 5.80. The maximum Gasteiger partial charge on any atom is 0.128 e. The molecule has 4 heteroatoms. The summed E-state index contributed by atoms with van der Waals surface area (Å²) in [6.07, 6.45) is 0. The number of anilines is 1. The van der Waals surface area contributed by atoms with E-state index >= 15 is 0 Å². The Bertz CT molecular complexity index is 572. The fourth-order valence-corrected chi connectivity index (χ4v) is 2.02. The van der Waals surface area contributed by atoms with E-state index in [2.05, 4.69) is 0 Å². The fraction of sp³-hybridized carbons (Fsp3) is 0.200. The zero-order valence-corrected chi connectivity index (χ0v) is 10.6. The van der Waals surface area contributed by atoms with E-state index in [9.17, 15) is 13.9 Å². The quantitative estimate of drug-likeness (QED) is 0.916. The lowest BCUT2D eigenvalue weighted by Gasteiger charge is -2.22. The van der Waals surface area contributed by atoms with Gasteiger partial charge in [0.1, 0.15) is 11.6 Å². The number of nitrogens with zero attached hydrogens (tertiary/aromatic N) is 1. The van der Waals surface area contributed by atoms with E-state index in [4.69, 9.17) is 0 Å². The lowest BCUT2D eigenvalue weighted by atomic mass is 10.1. The third kappa shape index (κ3) is 3.09. The second-order valence-electron chi connectivity index (χ2n) is 4.38. The average Bonchev–Trinajstić information content (AvgIpc) is 2.41. The Hall–Kier alpha value is -1.94. The van der Waals surface area contributed by atoms with Gasteiger partial charge in [-0.2, -0.15) is 0 Å². The lowest BCUT2D eigenvalue weighted by molar-refractivity contribution is 0.281. The van der Waals surface area contributed by atoms with Crippen LogP contribution in [0.1, 0.15) is 11.1 Å². The molecule has 0 fully saturated rings. The molecule has 0 heterocycles. The van der Waals surface area contributed by atoms with Crippen LogP contribution in [0.2, 0.25) is 0 Å². The first kappa shape index (κ1) is 13.5. The first-order chi connectivity index (χ1) is 9.11. The highest BCUT2D eigenvalue weighted by Crippen LogP contribution is 2.23. The maximum absolute atomic E-state index is 13.6. The Morgan fingerprint density at radius 3 is 2.47 bits per heavy atom. The number of hydrogen-bond acceptors (Lipinski definition) is 2. The summed E-state index contributed by atoms with van der Waals surface area (Å²) in [5.41, 5.74) is 1.73. The van der Waals surface area contributed by atoms with Crippen molar-refractivity contribution in [2.75, 3.05) is 11.9 Å². The van der Waals surface area contributed by atoms with E-state index in [1.54, 1.807) is 36.2 Å². The Balaban J connectivity index is 2.25. The second-order valence-corrected chi connectivity index (χ2v) is 4.38. The number of hydrogen-bond donors (Lipinski definition) is 1. The van der Waals surface area contributed by atoms with Crippen molar-refractivity contribution in [2.45, 2.75) is 13.2 Å². The molecule has 1 N–H and O–H groups in total. The number of rotatable bonds is 4. The van der Waals surface area contributed by atoms with Gasteiger partial charge in [0.2, 0.25) is 0 Å². The van der Waals surface area contributed by atoms with Crippen molar-refractivity contribution in [1.82, 2.24) is 0 Å². The van der Waals surface area contributed by atoms with Gasteiger partial charge in [-0.15, -0.1) is 0 Å². The molecular formula is C15H15F2NO. The van der Waals surface area contributed by atoms with Gasteiger partial charge in [0.25, 0.3) is 0 Å². The van der Waals surface area contributed by atoms with Crippen LogP contribution in [0.5, 0.6) is 0 Å². The minimum Gasteiger partial charge on any atom is -0.392 e. The highest BCUT2D eigenvalue weighted by Gasteiger charge is 2.10. The minimum absolute atomic E-state index is 0.255. The molecule has 19 heavy (non-hydrogen) atoms. The molecule has 2 nitrogen and oxygen atoms in total. The van der Waals surface area contributed by atoms with Crippen LogP contribution in [-0.2, 0) is 13.2 Å². The third-order valence-electron chi connectivity index (χ3n) is 2.99. The van der Waals surface area contributed by atoms with Crippen molar-refractivity contribution < 1.29 is 13.9 Å². The highest BCUT2D eigenvalue weighted by molar-refractivity contribution is 5.53. The zero-order valence-electron chi connectivity index (χ0n) is 10.6. The van der Waals surface area contributed by atoms with E-state index in [0.29, 0.717) is 23.4 Å². The van der Waals surface area contributed by atoms with Crippen LogP contribution in [0.25, 0.3) is 0 Å². The molecule has 0 atom stereocenters. The van der Waals surface area contributed by atoms with E-state index in [1.807, 2.05) is 0 Å². The predicted molar refractivity (Wildman–Crippen MR) is 70.8 cm³/mol. The van der Waals surface area contributed by atoms with Gasteiger partial charge in [-0.1, -0.05) is 18.2 Å². The third-order valence-corrected chi connectivity index (χ3v) is 2.99. The van der Waals surface area contributed by atoms with Crippen molar-refractivity contribution in [3.63, 3.8) is 0 Å². The molecule has 100 valence electrons. The summed E-state index contributed by atoms with van der Waals surface area (Å²) in [5.74, 6) is -0.672. The van der Waals surface area contributed by atoms with Gasteiger partial charge in [0.15, 0.2) is 0 Å². The van der Waals surface area contributed by atoms with Crippen LogP contribution < -0.4 is 4.90 Å². The molecule has 0 saturated carbocycles. The molecule has 0 saturated heterocycles. The maximum atomic E-state index is 13.6. The fourth-order valence-electron chi connectivity index (χ4n) is 2.02. The first-order valence-corrected chi connectivity index (χ1v) is 5.95. The average molecular weight is 263 g/mol. The smallest absolute Gasteiger partial charge is 0.128 e.